The van der Waals surface area contributed by atoms with Crippen LogP contribution in [0.5, 0.6) is 0 Å². The Bertz CT molecular complexity index is 368. The topological polar surface area (TPSA) is 95.4 Å². The Kier molecular flexibility index (Phi) is 3.96. The van der Waals surface area contributed by atoms with Gasteiger partial charge in [0.1, 0.15) is 5.60 Å². The average molecular weight is 240 g/mol. The summed E-state index contributed by atoms with van der Waals surface area (Å²) in [6, 6.07) is -0.654. The van der Waals surface area contributed by atoms with Crippen molar-refractivity contribution in [2.75, 3.05) is 13.1 Å². The number of hydrogen-bond acceptors (Lipinski definition) is 4. The van der Waals surface area contributed by atoms with E-state index in [1.165, 1.54) is 4.90 Å². The lowest BCUT2D eigenvalue weighted by atomic mass is 10.1. The van der Waals surface area contributed by atoms with E-state index in [4.69, 9.17) is 10.3 Å². The molecule has 0 spiro atoms. The predicted octanol–water partition coefficient (Wildman–Crippen LogP) is 1.88. The molecular formula is C10H16N4O3. The van der Waals surface area contributed by atoms with Gasteiger partial charge in [0.25, 0.3) is 0 Å². The zero-order valence-electron chi connectivity index (χ0n) is 10.2. The number of hydrogen-bond donors (Lipinski definition) is 0. The number of piperidine rings is 1. The minimum absolute atomic E-state index is 0.0569. The first-order chi connectivity index (χ1) is 7.83. The van der Waals surface area contributed by atoms with Crippen LogP contribution in [0.1, 0.15) is 27.2 Å². The van der Waals surface area contributed by atoms with Crippen LogP contribution in [0.25, 0.3) is 10.4 Å². The third-order valence-electron chi connectivity index (χ3n) is 2.23. The van der Waals surface area contributed by atoms with E-state index in [1.54, 1.807) is 20.8 Å². The summed E-state index contributed by atoms with van der Waals surface area (Å²) in [6.07, 6.45) is -0.160. The van der Waals surface area contributed by atoms with Crippen molar-refractivity contribution >= 4 is 11.9 Å². The SMILES string of the molecule is CC(C)(C)OC(=O)N1CCC(N=[N+]=[N-])C(=O)C1. The summed E-state index contributed by atoms with van der Waals surface area (Å²) in [5.74, 6) is -0.250. The minimum Gasteiger partial charge on any atom is -0.444 e. The number of nitrogens with zero attached hydrogens (tertiary/aromatic N) is 4. The number of ether oxygens (including phenoxy) is 1. The van der Waals surface area contributed by atoms with Crippen molar-refractivity contribution in [3.63, 3.8) is 0 Å². The Morgan fingerprint density at radius 2 is 2.24 bits per heavy atom. The van der Waals surface area contributed by atoms with Crippen molar-refractivity contribution in [3.05, 3.63) is 10.4 Å². The van der Waals surface area contributed by atoms with E-state index in [2.05, 4.69) is 10.0 Å². The molecule has 0 aromatic heterocycles. The zero-order valence-corrected chi connectivity index (χ0v) is 10.2. The maximum atomic E-state index is 11.7. The molecule has 17 heavy (non-hydrogen) atoms. The van der Waals surface area contributed by atoms with Crippen LogP contribution in [0.2, 0.25) is 0 Å². The molecule has 1 aliphatic rings. The predicted molar refractivity (Wildman–Crippen MR) is 60.4 cm³/mol. The number of rotatable bonds is 1. The molecule has 0 aliphatic carbocycles. The van der Waals surface area contributed by atoms with Gasteiger partial charge in [-0.2, -0.15) is 0 Å². The average Bonchev–Trinajstić information content (AvgIpc) is 2.18. The Morgan fingerprint density at radius 1 is 1.59 bits per heavy atom. The largest absolute Gasteiger partial charge is 0.444 e. The van der Waals surface area contributed by atoms with Gasteiger partial charge >= 0.3 is 6.09 Å². The molecule has 1 atom stereocenters. The number of azide groups is 1. The van der Waals surface area contributed by atoms with Gasteiger partial charge in [-0.25, -0.2) is 4.79 Å². The standard InChI is InChI=1S/C10H16N4O3/c1-10(2,3)17-9(16)14-5-4-7(12-13-11)8(15)6-14/h7H,4-6H2,1-3H3. The van der Waals surface area contributed by atoms with Crippen LogP contribution in [-0.4, -0.2) is 41.5 Å². The fraction of sp³-hybridized carbons (Fsp3) is 0.800. The third-order valence-corrected chi connectivity index (χ3v) is 2.23. The highest BCUT2D eigenvalue weighted by Gasteiger charge is 2.31. The molecule has 1 fully saturated rings. The van der Waals surface area contributed by atoms with Crippen LogP contribution >= 0.6 is 0 Å². The zero-order chi connectivity index (χ0) is 13.1. The van der Waals surface area contributed by atoms with E-state index in [1.807, 2.05) is 0 Å². The van der Waals surface area contributed by atoms with E-state index in [-0.39, 0.29) is 12.3 Å². The summed E-state index contributed by atoms with van der Waals surface area (Å²) in [5.41, 5.74) is 7.68. The Hall–Kier alpha value is -1.75. The van der Waals surface area contributed by atoms with Crippen LogP contribution in [0, 0.1) is 0 Å². The van der Waals surface area contributed by atoms with Gasteiger partial charge in [-0.1, -0.05) is 5.11 Å². The van der Waals surface area contributed by atoms with Crippen LogP contribution in [-0.2, 0) is 9.53 Å². The molecule has 1 heterocycles. The molecule has 0 aromatic carbocycles. The molecule has 1 rings (SSSR count). The van der Waals surface area contributed by atoms with Gasteiger partial charge in [0.2, 0.25) is 0 Å². The van der Waals surface area contributed by atoms with Crippen LogP contribution in [0.3, 0.4) is 0 Å². The lowest BCUT2D eigenvalue weighted by Gasteiger charge is -2.31. The van der Waals surface area contributed by atoms with Gasteiger partial charge < -0.3 is 9.64 Å². The molecule has 0 bridgehead atoms. The summed E-state index contributed by atoms with van der Waals surface area (Å²) < 4.78 is 5.15. The number of ketones is 1. The Morgan fingerprint density at radius 3 is 2.71 bits per heavy atom. The van der Waals surface area contributed by atoms with Gasteiger partial charge in [-0.15, -0.1) is 0 Å². The van der Waals surface area contributed by atoms with Crippen molar-refractivity contribution in [2.24, 2.45) is 5.11 Å². The van der Waals surface area contributed by atoms with Gasteiger partial charge in [-0.3, -0.25) is 4.79 Å². The molecule has 1 unspecified atom stereocenters. The maximum Gasteiger partial charge on any atom is 0.410 e. The number of amides is 1. The Labute approximate surface area is 99.3 Å². The summed E-state index contributed by atoms with van der Waals surface area (Å²) in [5, 5.41) is 3.39. The third kappa shape index (κ3) is 3.96. The Balaban J connectivity index is 2.58. The van der Waals surface area contributed by atoms with E-state index in [0.717, 1.165) is 0 Å². The second-order valence-corrected chi connectivity index (χ2v) is 4.88. The van der Waals surface area contributed by atoms with Gasteiger partial charge in [0.15, 0.2) is 5.78 Å². The lowest BCUT2D eigenvalue weighted by molar-refractivity contribution is -0.123. The fourth-order valence-electron chi connectivity index (χ4n) is 1.48. The molecule has 7 nitrogen and oxygen atoms in total. The first kappa shape index (κ1) is 13.3. The van der Waals surface area contributed by atoms with Crippen molar-refractivity contribution < 1.29 is 14.3 Å². The molecule has 0 N–H and O–H groups in total. The maximum absolute atomic E-state index is 11.7. The smallest absolute Gasteiger partial charge is 0.410 e. The second kappa shape index (κ2) is 5.05. The van der Waals surface area contributed by atoms with Crippen molar-refractivity contribution in [1.29, 1.82) is 0 Å². The number of carbonyl (C=O) groups is 2. The van der Waals surface area contributed by atoms with Gasteiger partial charge in [0.05, 0.1) is 12.6 Å². The summed E-state index contributed by atoms with van der Waals surface area (Å²) >= 11 is 0. The van der Waals surface area contributed by atoms with Crippen molar-refractivity contribution in [3.8, 4) is 0 Å². The molecule has 0 aromatic rings. The highest BCUT2D eigenvalue weighted by Crippen LogP contribution is 2.15. The number of likely N-dealkylation sites (tertiary alicyclic amines) is 1. The van der Waals surface area contributed by atoms with Crippen LogP contribution < -0.4 is 0 Å². The summed E-state index contributed by atoms with van der Waals surface area (Å²) in [6.45, 7) is 5.60. The van der Waals surface area contributed by atoms with Gasteiger partial charge in [0, 0.05) is 11.5 Å². The first-order valence-electron chi connectivity index (χ1n) is 5.38. The normalized spacial score (nSPS) is 20.8. The molecule has 1 amide bonds. The molecule has 0 radical (unpaired) electrons. The van der Waals surface area contributed by atoms with Crippen molar-refractivity contribution in [2.45, 2.75) is 38.8 Å². The highest BCUT2D eigenvalue weighted by atomic mass is 16.6. The molecular weight excluding hydrogens is 224 g/mol. The molecule has 1 aliphatic heterocycles. The van der Waals surface area contributed by atoms with Crippen molar-refractivity contribution in [1.82, 2.24) is 4.90 Å². The number of carbonyl (C=O) groups excluding carboxylic acids is 2. The molecule has 0 saturated carbocycles. The van der Waals surface area contributed by atoms with E-state index < -0.39 is 17.7 Å². The lowest BCUT2D eigenvalue weighted by Crippen LogP contribution is -2.47. The molecule has 1 saturated heterocycles. The van der Waals surface area contributed by atoms with Crippen LogP contribution in [0.4, 0.5) is 4.79 Å². The summed E-state index contributed by atoms with van der Waals surface area (Å²) in [7, 11) is 0. The fourth-order valence-corrected chi connectivity index (χ4v) is 1.48. The molecule has 94 valence electrons. The van der Waals surface area contributed by atoms with E-state index >= 15 is 0 Å². The van der Waals surface area contributed by atoms with Crippen LogP contribution in [0.15, 0.2) is 5.11 Å². The molecule has 7 heteroatoms. The second-order valence-electron chi connectivity index (χ2n) is 4.88. The minimum atomic E-state index is -0.654. The monoisotopic (exact) mass is 240 g/mol. The highest BCUT2D eigenvalue weighted by molar-refractivity contribution is 5.89. The first-order valence-corrected chi connectivity index (χ1v) is 5.38. The number of Topliss-reactive ketones (excluding diaryl/α,β-unsaturated/α-hetero) is 1. The van der Waals surface area contributed by atoms with E-state index in [0.29, 0.717) is 13.0 Å². The summed E-state index contributed by atoms with van der Waals surface area (Å²) in [4.78, 5) is 27.2. The van der Waals surface area contributed by atoms with E-state index in [9.17, 15) is 9.59 Å². The quantitative estimate of drug-likeness (QED) is 0.397. The van der Waals surface area contributed by atoms with Gasteiger partial charge in [-0.05, 0) is 32.7 Å².